The zero-order valence-corrected chi connectivity index (χ0v) is 70.8. The molecule has 0 amide bonds. The summed E-state index contributed by atoms with van der Waals surface area (Å²) in [6, 6.07) is 35.5. The molecular formula is C99H141F3O11. The van der Waals surface area contributed by atoms with Crippen LogP contribution >= 0.6 is 0 Å². The summed E-state index contributed by atoms with van der Waals surface area (Å²) < 4.78 is 91.1. The molecule has 0 saturated heterocycles. The monoisotopic (exact) mass is 1560 g/mol. The largest absolute Gasteiger partial charge is 0.542 e. The second kappa shape index (κ2) is 59.5. The molecule has 5 aromatic rings. The first-order valence-electron chi connectivity index (χ1n) is 43.9. The second-order valence-corrected chi connectivity index (χ2v) is 29.7. The Kier molecular flexibility index (Phi) is 50.3. The van der Waals surface area contributed by atoms with Crippen LogP contribution in [0.2, 0.25) is 0 Å². The van der Waals surface area contributed by atoms with Crippen LogP contribution in [-0.2, 0) is 18.7 Å². The highest BCUT2D eigenvalue weighted by Gasteiger charge is 2.32. The second-order valence-electron chi connectivity index (χ2n) is 29.7. The SMILES string of the molecule is CCCCCCOC1=CC(=CC=c2ccc(=C(c3ccc(/C=C/c4cc(OCCCCCC)c(OCCCCCC)c(OCCCCCC)c4)cc3)c3ccc(/C=C/c4cc(OCCCCCC)c(OCCCCCC)c(OCCCCCC)c4)cc3)cc2)C=C(OCCCCCC)C1=[O+]CCCCCC.O=C([O-])C(F)(F)F. The Hall–Kier alpha value is -8.13. The fourth-order valence-corrected chi connectivity index (χ4v) is 12.9. The lowest BCUT2D eigenvalue weighted by atomic mass is 9.93. The van der Waals surface area contributed by atoms with Gasteiger partial charge in [-0.1, -0.05) is 339 Å². The molecule has 0 atom stereocenters. The Morgan fingerprint density at radius 2 is 0.628 bits per heavy atom. The van der Waals surface area contributed by atoms with Crippen molar-refractivity contribution < 1.29 is 65.4 Å². The third-order valence-corrected chi connectivity index (χ3v) is 19.6. The maximum Gasteiger partial charge on any atom is 0.430 e. The van der Waals surface area contributed by atoms with Gasteiger partial charge in [-0.25, -0.2) is 4.42 Å². The van der Waals surface area contributed by atoms with E-state index in [0.29, 0.717) is 59.5 Å². The third-order valence-electron chi connectivity index (χ3n) is 19.6. The molecule has 113 heavy (non-hydrogen) atoms. The molecule has 6 rings (SSSR count). The molecule has 0 aromatic heterocycles. The summed E-state index contributed by atoms with van der Waals surface area (Å²) in [6.45, 7) is 26.0. The fourth-order valence-electron chi connectivity index (χ4n) is 12.9. The zero-order valence-electron chi connectivity index (χ0n) is 70.8. The first-order chi connectivity index (χ1) is 55.2. The van der Waals surface area contributed by atoms with E-state index in [2.05, 4.69) is 208 Å². The van der Waals surface area contributed by atoms with Gasteiger partial charge in [0.1, 0.15) is 5.97 Å². The zero-order chi connectivity index (χ0) is 81.2. The molecule has 0 saturated carbocycles. The van der Waals surface area contributed by atoms with Crippen molar-refractivity contribution in [2.24, 2.45) is 0 Å². The van der Waals surface area contributed by atoms with E-state index >= 15 is 0 Å². The van der Waals surface area contributed by atoms with Gasteiger partial charge in [-0.05, 0) is 149 Å². The first kappa shape index (κ1) is 95.5. The number of allylic oxidation sites excluding steroid dienone is 4. The lowest BCUT2D eigenvalue weighted by Crippen LogP contribution is -2.37. The molecule has 0 radical (unpaired) electrons. The van der Waals surface area contributed by atoms with Crippen LogP contribution in [0.1, 0.15) is 327 Å². The average Bonchev–Trinajstić information content (AvgIpc) is 0.805. The number of carboxylic acid groups (broad SMARTS) is 1. The van der Waals surface area contributed by atoms with Gasteiger partial charge < -0.3 is 47.8 Å². The molecule has 0 heterocycles. The number of halogens is 3. The molecule has 0 bridgehead atoms. The van der Waals surface area contributed by atoms with Gasteiger partial charge >= 0.3 is 12.0 Å². The highest BCUT2D eigenvalue weighted by atomic mass is 19.4. The van der Waals surface area contributed by atoms with E-state index in [1.807, 2.05) is 0 Å². The van der Waals surface area contributed by atoms with E-state index in [1.165, 1.54) is 116 Å². The van der Waals surface area contributed by atoms with Crippen LogP contribution in [0.15, 0.2) is 132 Å². The Labute approximate surface area is 679 Å². The Bertz CT molecular complexity index is 3450. The number of ether oxygens (including phenoxy) is 8. The smallest absolute Gasteiger partial charge is 0.430 e. The Morgan fingerprint density at radius 1 is 0.345 bits per heavy atom. The maximum atomic E-state index is 10.5. The number of carbonyl (C=O) groups excluding carboxylic acids is 2. The van der Waals surface area contributed by atoms with Crippen LogP contribution in [0.25, 0.3) is 36.0 Å². The highest BCUT2D eigenvalue weighted by Crippen LogP contribution is 2.42. The third kappa shape index (κ3) is 39.2. The molecule has 0 N–H and O–H groups in total. The number of hydrogen-bond acceptors (Lipinski definition) is 10. The molecule has 624 valence electrons. The van der Waals surface area contributed by atoms with Crippen LogP contribution in [0.5, 0.6) is 34.5 Å². The molecule has 1 aliphatic rings. The van der Waals surface area contributed by atoms with Crippen molar-refractivity contribution in [2.45, 2.75) is 300 Å². The molecule has 0 unspecified atom stereocenters. The van der Waals surface area contributed by atoms with Gasteiger partial charge in [0.25, 0.3) is 6.61 Å². The van der Waals surface area contributed by atoms with Crippen molar-refractivity contribution in [3.63, 3.8) is 0 Å². The van der Waals surface area contributed by atoms with E-state index in [9.17, 15) is 13.2 Å². The number of ketones is 1. The summed E-state index contributed by atoms with van der Waals surface area (Å²) in [5.74, 6) is 3.73. The molecule has 0 spiro atoms. The number of aliphatic carboxylic acids is 1. The van der Waals surface area contributed by atoms with E-state index in [-0.39, 0.29) is 0 Å². The molecule has 11 nitrogen and oxygen atoms in total. The number of carboxylic acids is 1. The highest BCUT2D eigenvalue weighted by molar-refractivity contribution is 6.08. The number of benzene rings is 5. The molecule has 5 aromatic carbocycles. The minimum absolute atomic E-state index is 0.635. The van der Waals surface area contributed by atoms with Crippen molar-refractivity contribution in [2.75, 3.05) is 59.5 Å². The number of unbranched alkanes of at least 4 members (excludes halogenated alkanes) is 27. The number of rotatable bonds is 60. The molecule has 14 heteroatoms. The van der Waals surface area contributed by atoms with E-state index in [0.717, 1.165) is 222 Å². The van der Waals surface area contributed by atoms with Gasteiger partial charge in [0.15, 0.2) is 23.0 Å². The average molecular weight is 1560 g/mol. The van der Waals surface area contributed by atoms with Gasteiger partial charge in [-0.3, -0.25) is 0 Å². The minimum atomic E-state index is -5.19. The fraction of sp³-hybridized carbons (Fsp3) is 0.556. The van der Waals surface area contributed by atoms with Gasteiger partial charge in [0.05, 0.1) is 52.9 Å². The van der Waals surface area contributed by atoms with Crippen LogP contribution < -0.4 is 44.0 Å². The van der Waals surface area contributed by atoms with Crippen molar-refractivity contribution in [1.82, 2.24) is 0 Å². The molecular weight excluding hydrogens is 1420 g/mol. The lowest BCUT2D eigenvalue weighted by Gasteiger charge is -2.18. The lowest BCUT2D eigenvalue weighted by molar-refractivity contribution is -0.458. The van der Waals surface area contributed by atoms with Crippen LogP contribution in [0.4, 0.5) is 13.2 Å². The number of carbonyl (C=O) groups is 1. The van der Waals surface area contributed by atoms with Crippen molar-refractivity contribution in [3.8, 4) is 34.5 Å². The quantitative estimate of drug-likeness (QED) is 0.0211. The summed E-state index contributed by atoms with van der Waals surface area (Å²) in [7, 11) is 0. The number of alkyl halides is 3. The maximum absolute atomic E-state index is 10.5. The van der Waals surface area contributed by atoms with E-state index in [4.69, 9.17) is 52.2 Å². The van der Waals surface area contributed by atoms with E-state index < -0.39 is 12.1 Å². The molecule has 0 aliphatic heterocycles. The normalized spacial score (nSPS) is 12.1. The Balaban J connectivity index is 0.00000310. The summed E-state index contributed by atoms with van der Waals surface area (Å²) >= 11 is 0. The van der Waals surface area contributed by atoms with Crippen LogP contribution in [0, 0.1) is 0 Å². The summed E-state index contributed by atoms with van der Waals surface area (Å²) in [5, 5.41) is 11.0. The predicted molar refractivity (Wildman–Crippen MR) is 463 cm³/mol. The molecule has 1 aliphatic carbocycles. The van der Waals surface area contributed by atoms with Crippen molar-refractivity contribution in [3.05, 3.63) is 176 Å². The summed E-state index contributed by atoms with van der Waals surface area (Å²) in [5.41, 5.74) is 8.61. The van der Waals surface area contributed by atoms with Crippen molar-refractivity contribution in [1.29, 1.82) is 0 Å². The van der Waals surface area contributed by atoms with Crippen LogP contribution in [-0.4, -0.2) is 77.4 Å². The minimum Gasteiger partial charge on any atom is -0.542 e. The summed E-state index contributed by atoms with van der Waals surface area (Å²) in [4.78, 5) is 8.78. The van der Waals surface area contributed by atoms with Gasteiger partial charge in [-0.15, -0.1) is 0 Å². The summed E-state index contributed by atoms with van der Waals surface area (Å²) in [6.07, 6.45) is 52.9. The van der Waals surface area contributed by atoms with Gasteiger partial charge in [-0.2, -0.15) is 13.2 Å². The topological polar surface area (TPSA) is 125 Å². The molecule has 0 fully saturated rings. The van der Waals surface area contributed by atoms with E-state index in [1.54, 1.807) is 0 Å². The van der Waals surface area contributed by atoms with Gasteiger partial charge in [0.2, 0.25) is 23.0 Å². The number of hydrogen-bond donors (Lipinski definition) is 0. The predicted octanol–water partition coefficient (Wildman–Crippen LogP) is 25.7. The standard InChI is InChI=1S/C97H141O9.C2HF3O2/c1-10-19-28-37-64-98-88-73-82(74-89(99-65-38-29-20-11-2)95(88)104-70-43-34-25-16-7)49-46-79-52-58-85(59-53-79)94(86-60-54-80(55-61-86)47-50-83-75-90(100-66-39-30-21-12-3)96(105-71-44-35-26-17-8)91(76-83)101-67-40-31-22-13-4)87-62-56-81(57-63-87)48-51-84-77-92(102-68-41-32-23-14-5)97(106-72-45-36-27-18-9)93(78-84)103-69-42-33-24-15-6;3-2(4,5)1(6)7/h46-63,73-78H,10-45,64-72H2,1-9H3;(H,6,7)/q+1;/p-1/b49-46+,50-47+;. The Morgan fingerprint density at radius 3 is 0.929 bits per heavy atom. The van der Waals surface area contributed by atoms with Crippen LogP contribution in [0.3, 0.4) is 0 Å². The van der Waals surface area contributed by atoms with Gasteiger partial charge in [0, 0.05) is 6.42 Å². The van der Waals surface area contributed by atoms with Crippen molar-refractivity contribution >= 4 is 47.7 Å². The first-order valence-corrected chi connectivity index (χ1v) is 43.9.